The van der Waals surface area contributed by atoms with Gasteiger partial charge >= 0.3 is 5.97 Å². The average Bonchev–Trinajstić information content (AvgIpc) is 3.11. The van der Waals surface area contributed by atoms with Gasteiger partial charge in [0.05, 0.1) is 21.1 Å². The van der Waals surface area contributed by atoms with Crippen LogP contribution in [0.4, 0.5) is 11.4 Å². The number of rotatable bonds is 7. The Morgan fingerprint density at radius 3 is 2.72 bits per heavy atom. The number of amidine groups is 1. The van der Waals surface area contributed by atoms with E-state index in [0.29, 0.717) is 32.6 Å². The van der Waals surface area contributed by atoms with Crippen molar-refractivity contribution in [2.45, 2.75) is 6.61 Å². The van der Waals surface area contributed by atoms with Crippen LogP contribution in [-0.4, -0.2) is 39.0 Å². The monoisotopic (exact) mass is 567 g/mol. The summed E-state index contributed by atoms with van der Waals surface area (Å²) in [5.41, 5.74) is 1.76. The van der Waals surface area contributed by atoms with Crippen molar-refractivity contribution in [2.24, 2.45) is 4.99 Å². The first-order valence-corrected chi connectivity index (χ1v) is 12.1. The summed E-state index contributed by atoms with van der Waals surface area (Å²) >= 11 is 4.59. The van der Waals surface area contributed by atoms with Crippen molar-refractivity contribution in [3.8, 4) is 5.75 Å². The highest BCUT2D eigenvalue weighted by Gasteiger charge is 2.30. The van der Waals surface area contributed by atoms with Gasteiger partial charge in [0.25, 0.3) is 11.6 Å². The smallest absolute Gasteiger partial charge is 0.335 e. The number of carbonyl (C=O) groups is 2. The molecule has 0 aromatic heterocycles. The van der Waals surface area contributed by atoms with Gasteiger partial charge in [-0.2, -0.15) is 0 Å². The number of aliphatic imine (C=N–C) groups is 1. The van der Waals surface area contributed by atoms with Gasteiger partial charge < -0.3 is 9.84 Å². The first-order valence-electron chi connectivity index (χ1n) is 10.5. The molecule has 0 atom stereocenters. The Bertz CT molecular complexity index is 1440. The molecule has 0 unspecified atom stereocenters. The van der Waals surface area contributed by atoms with E-state index in [4.69, 9.17) is 4.74 Å². The van der Waals surface area contributed by atoms with E-state index < -0.39 is 10.9 Å². The lowest BCUT2D eigenvalue weighted by molar-refractivity contribution is -0.384. The molecule has 0 saturated carbocycles. The molecule has 11 heteroatoms. The van der Waals surface area contributed by atoms with Gasteiger partial charge in [-0.3, -0.25) is 19.8 Å². The molecule has 0 spiro atoms. The number of nitro groups is 1. The fourth-order valence-corrected chi connectivity index (χ4v) is 4.65. The summed E-state index contributed by atoms with van der Waals surface area (Å²) in [7, 11) is 1.59. The summed E-state index contributed by atoms with van der Waals surface area (Å²) in [6.45, 7) is 0.104. The highest BCUT2D eigenvalue weighted by molar-refractivity contribution is 9.10. The van der Waals surface area contributed by atoms with Crippen LogP contribution < -0.4 is 4.74 Å². The van der Waals surface area contributed by atoms with E-state index in [2.05, 4.69) is 20.9 Å². The largest absolute Gasteiger partial charge is 0.488 e. The Balaban J connectivity index is 1.59. The summed E-state index contributed by atoms with van der Waals surface area (Å²) in [5, 5.41) is 20.6. The topological polar surface area (TPSA) is 122 Å². The Morgan fingerprint density at radius 1 is 1.19 bits per heavy atom. The standard InChI is InChI=1S/C25H18BrN3O6S/c1-28-23(30)22(36-25(28)27-19-6-3-5-16(12-19)24(31)32)13-17-11-18(26)8-9-21(17)35-14-15-4-2-7-20(10-15)29(33)34/h2-13H,14H2,1H3,(H,31,32). The first-order chi connectivity index (χ1) is 17.2. The Labute approximate surface area is 218 Å². The van der Waals surface area contributed by atoms with Gasteiger partial charge in [-0.15, -0.1) is 0 Å². The van der Waals surface area contributed by atoms with Crippen molar-refractivity contribution in [1.82, 2.24) is 4.90 Å². The van der Waals surface area contributed by atoms with Crippen LogP contribution in [-0.2, 0) is 11.4 Å². The third-order valence-electron chi connectivity index (χ3n) is 5.10. The number of non-ortho nitro benzene ring substituents is 1. The van der Waals surface area contributed by atoms with Gasteiger partial charge in [0, 0.05) is 29.2 Å². The zero-order valence-electron chi connectivity index (χ0n) is 18.8. The van der Waals surface area contributed by atoms with Crippen LogP contribution in [0.2, 0.25) is 0 Å². The molecule has 0 radical (unpaired) electrons. The highest BCUT2D eigenvalue weighted by Crippen LogP contribution is 2.36. The maximum atomic E-state index is 12.9. The van der Waals surface area contributed by atoms with Crippen LogP contribution in [0.3, 0.4) is 0 Å². The fraction of sp³-hybridized carbons (Fsp3) is 0.0800. The highest BCUT2D eigenvalue weighted by atomic mass is 79.9. The molecule has 1 aliphatic heterocycles. The molecular weight excluding hydrogens is 550 g/mol. The van der Waals surface area contributed by atoms with E-state index in [1.54, 1.807) is 55.6 Å². The van der Waals surface area contributed by atoms with Gasteiger partial charge in [-0.05, 0) is 59.8 Å². The molecule has 0 bridgehead atoms. The number of nitrogens with zero attached hydrogens (tertiary/aromatic N) is 3. The average molecular weight is 568 g/mol. The summed E-state index contributed by atoms with van der Waals surface area (Å²) < 4.78 is 6.71. The van der Waals surface area contributed by atoms with Crippen LogP contribution in [0.5, 0.6) is 5.75 Å². The van der Waals surface area contributed by atoms with Crippen LogP contribution >= 0.6 is 27.7 Å². The number of likely N-dealkylation sites (N-methyl/N-ethyl adjacent to an activating group) is 1. The third kappa shape index (κ3) is 5.81. The van der Waals surface area contributed by atoms with Crippen molar-refractivity contribution in [3.05, 3.63) is 103 Å². The molecule has 36 heavy (non-hydrogen) atoms. The molecule has 4 rings (SSSR count). The number of carboxylic acid groups (broad SMARTS) is 1. The number of nitro benzene ring substituents is 1. The molecule has 9 nitrogen and oxygen atoms in total. The summed E-state index contributed by atoms with van der Waals surface area (Å²) in [4.78, 5) is 41.0. The second kappa shape index (κ2) is 10.8. The maximum Gasteiger partial charge on any atom is 0.335 e. The Hall–Kier alpha value is -3.96. The van der Waals surface area contributed by atoms with Crippen LogP contribution in [0.1, 0.15) is 21.5 Å². The number of hydrogen-bond donors (Lipinski definition) is 1. The zero-order valence-corrected chi connectivity index (χ0v) is 21.2. The molecule has 1 aliphatic rings. The number of halogens is 1. The Morgan fingerprint density at radius 2 is 1.97 bits per heavy atom. The van der Waals surface area contributed by atoms with Gasteiger partial charge in [0.1, 0.15) is 12.4 Å². The Kier molecular flexibility index (Phi) is 7.51. The molecule has 1 fully saturated rings. The lowest BCUT2D eigenvalue weighted by Gasteiger charge is -2.10. The number of ether oxygens (including phenoxy) is 1. The van der Waals surface area contributed by atoms with E-state index in [1.807, 2.05) is 0 Å². The van der Waals surface area contributed by atoms with Crippen molar-refractivity contribution in [3.63, 3.8) is 0 Å². The molecule has 0 aliphatic carbocycles. The first kappa shape index (κ1) is 25.1. The van der Waals surface area contributed by atoms with Crippen molar-refractivity contribution >= 4 is 62.2 Å². The molecule has 1 heterocycles. The minimum Gasteiger partial charge on any atom is -0.488 e. The lowest BCUT2D eigenvalue weighted by atomic mass is 10.1. The van der Waals surface area contributed by atoms with E-state index in [1.165, 1.54) is 29.2 Å². The van der Waals surface area contributed by atoms with Crippen molar-refractivity contribution in [1.29, 1.82) is 0 Å². The number of amides is 1. The van der Waals surface area contributed by atoms with E-state index >= 15 is 0 Å². The molecule has 3 aromatic rings. The van der Waals surface area contributed by atoms with Crippen LogP contribution in [0.15, 0.2) is 81.1 Å². The molecular formula is C25H18BrN3O6S. The normalized spacial score (nSPS) is 15.5. The summed E-state index contributed by atoms with van der Waals surface area (Å²) in [6, 6.07) is 17.7. The van der Waals surface area contributed by atoms with Gasteiger partial charge in [-0.25, -0.2) is 9.79 Å². The molecule has 1 N–H and O–H groups in total. The number of carbonyl (C=O) groups excluding carboxylic acids is 1. The van der Waals surface area contributed by atoms with Crippen LogP contribution in [0, 0.1) is 10.1 Å². The number of benzene rings is 3. The van der Waals surface area contributed by atoms with Crippen molar-refractivity contribution in [2.75, 3.05) is 7.05 Å². The van der Waals surface area contributed by atoms with Gasteiger partial charge in [0.15, 0.2) is 5.17 Å². The van der Waals surface area contributed by atoms with E-state index in [9.17, 15) is 24.8 Å². The second-order valence-electron chi connectivity index (χ2n) is 7.62. The second-order valence-corrected chi connectivity index (χ2v) is 9.55. The number of aromatic carboxylic acids is 1. The number of thioether (sulfide) groups is 1. The predicted octanol–water partition coefficient (Wildman–Crippen LogP) is 5.87. The minimum absolute atomic E-state index is 0.0223. The number of carboxylic acids is 1. The van der Waals surface area contributed by atoms with E-state index in [0.717, 1.165) is 16.2 Å². The fourth-order valence-electron chi connectivity index (χ4n) is 3.30. The minimum atomic E-state index is -1.06. The SMILES string of the molecule is CN1C(=O)C(=Cc2cc(Br)ccc2OCc2cccc([N+](=O)[O-])c2)SC1=Nc1cccc(C(=O)O)c1. The quantitative estimate of drug-likeness (QED) is 0.215. The van der Waals surface area contributed by atoms with Crippen molar-refractivity contribution < 1.29 is 24.4 Å². The lowest BCUT2D eigenvalue weighted by Crippen LogP contribution is -2.23. The van der Waals surface area contributed by atoms with Gasteiger partial charge in [0.2, 0.25) is 0 Å². The molecule has 1 saturated heterocycles. The summed E-state index contributed by atoms with van der Waals surface area (Å²) in [6.07, 6.45) is 1.69. The third-order valence-corrected chi connectivity index (χ3v) is 6.65. The maximum absolute atomic E-state index is 12.9. The molecule has 1 amide bonds. The van der Waals surface area contributed by atoms with Gasteiger partial charge in [-0.1, -0.05) is 34.1 Å². The molecule has 3 aromatic carbocycles. The molecule has 182 valence electrons. The predicted molar refractivity (Wildman–Crippen MR) is 140 cm³/mol. The van der Waals surface area contributed by atoms with Crippen LogP contribution in [0.25, 0.3) is 6.08 Å². The summed E-state index contributed by atoms with van der Waals surface area (Å²) in [5.74, 6) is -0.834. The number of hydrogen-bond acceptors (Lipinski definition) is 7. The zero-order chi connectivity index (χ0) is 25.8. The van der Waals surface area contributed by atoms with E-state index in [-0.39, 0.29) is 23.8 Å².